The minimum Gasteiger partial charge on any atom is -0.313 e. The molecule has 0 aliphatic heterocycles. The molecule has 0 fully saturated rings. The van der Waals surface area contributed by atoms with Gasteiger partial charge in [0.25, 0.3) is 0 Å². The van der Waals surface area contributed by atoms with Crippen molar-refractivity contribution in [3.05, 3.63) is 59.2 Å². The molecule has 2 aromatic carbocycles. The zero-order valence-corrected chi connectivity index (χ0v) is 17.5. The Kier molecular flexibility index (Phi) is 6.65. The summed E-state index contributed by atoms with van der Waals surface area (Å²) in [6, 6.07) is 13.3. The minimum atomic E-state index is -3.48. The van der Waals surface area contributed by atoms with E-state index in [1.54, 1.807) is 11.0 Å². The highest BCUT2D eigenvalue weighted by atomic mass is 32.2. The molecular weight excluding hydrogens is 360 g/mol. The Bertz CT molecular complexity index is 923. The number of nitrogens with zero attached hydrogens (tertiary/aromatic N) is 2. The number of hydrogen-bond acceptors (Lipinski definition) is 3. The number of carbonyl (C=O) groups is 1. The van der Waals surface area contributed by atoms with Crippen LogP contribution in [0.2, 0.25) is 0 Å². The second kappa shape index (κ2) is 8.57. The van der Waals surface area contributed by atoms with Crippen molar-refractivity contribution in [3.8, 4) is 0 Å². The fraction of sp³-hybridized carbons (Fsp3) is 0.381. The number of hydrogen-bond donors (Lipinski definition) is 0. The van der Waals surface area contributed by atoms with Gasteiger partial charge in [-0.05, 0) is 68.7 Å². The van der Waals surface area contributed by atoms with E-state index in [1.165, 1.54) is 10.6 Å². The van der Waals surface area contributed by atoms with E-state index in [0.717, 1.165) is 22.4 Å². The lowest BCUT2D eigenvalue weighted by molar-refractivity contribution is -0.118. The fourth-order valence-electron chi connectivity index (χ4n) is 3.00. The molecule has 0 aliphatic rings. The highest BCUT2D eigenvalue weighted by Crippen LogP contribution is 2.22. The van der Waals surface area contributed by atoms with E-state index in [4.69, 9.17) is 0 Å². The summed E-state index contributed by atoms with van der Waals surface area (Å²) in [5, 5.41) is 0. The first kappa shape index (κ1) is 21.0. The van der Waals surface area contributed by atoms with Crippen LogP contribution in [-0.4, -0.2) is 33.7 Å². The van der Waals surface area contributed by atoms with Gasteiger partial charge in [0.15, 0.2) is 0 Å². The number of carbonyl (C=O) groups excluding carboxylic acids is 1. The van der Waals surface area contributed by atoms with E-state index in [0.29, 0.717) is 12.2 Å². The quantitative estimate of drug-likeness (QED) is 0.724. The standard InChI is InChI=1S/C21H28N2O3S/c1-6-22(19-9-7-8-16(2)14-19)21(24)12-13-23(27(5,25)26)20-11-10-17(3)18(4)15-20/h7-11,14-15H,6,12-13H2,1-5H3. The van der Waals surface area contributed by atoms with Crippen LogP contribution in [0, 0.1) is 20.8 Å². The third-order valence-corrected chi connectivity index (χ3v) is 5.83. The van der Waals surface area contributed by atoms with Crippen molar-refractivity contribution in [3.63, 3.8) is 0 Å². The molecule has 5 nitrogen and oxygen atoms in total. The molecule has 146 valence electrons. The zero-order valence-electron chi connectivity index (χ0n) is 16.7. The van der Waals surface area contributed by atoms with Crippen molar-refractivity contribution in [1.29, 1.82) is 0 Å². The SMILES string of the molecule is CCN(C(=O)CCN(c1ccc(C)c(C)c1)S(C)(=O)=O)c1cccc(C)c1. The lowest BCUT2D eigenvalue weighted by Crippen LogP contribution is -2.37. The van der Waals surface area contributed by atoms with Crippen molar-refractivity contribution in [2.75, 3.05) is 28.6 Å². The van der Waals surface area contributed by atoms with E-state index in [9.17, 15) is 13.2 Å². The summed E-state index contributed by atoms with van der Waals surface area (Å²) in [5.74, 6) is -0.0967. The first-order valence-electron chi connectivity index (χ1n) is 9.05. The first-order chi connectivity index (χ1) is 12.6. The van der Waals surface area contributed by atoms with Crippen LogP contribution in [0.15, 0.2) is 42.5 Å². The average Bonchev–Trinajstić information content (AvgIpc) is 2.57. The van der Waals surface area contributed by atoms with Gasteiger partial charge in [-0.2, -0.15) is 0 Å². The van der Waals surface area contributed by atoms with Crippen LogP contribution in [0.1, 0.15) is 30.0 Å². The van der Waals surface area contributed by atoms with Crippen LogP contribution < -0.4 is 9.21 Å². The van der Waals surface area contributed by atoms with Crippen LogP contribution >= 0.6 is 0 Å². The largest absolute Gasteiger partial charge is 0.313 e. The Labute approximate surface area is 162 Å². The molecule has 6 heteroatoms. The molecule has 0 bridgehead atoms. The number of sulfonamides is 1. The third-order valence-electron chi connectivity index (χ3n) is 4.64. The number of anilines is 2. The average molecular weight is 389 g/mol. The predicted molar refractivity (Wildman–Crippen MR) is 112 cm³/mol. The van der Waals surface area contributed by atoms with Gasteiger partial charge in [-0.3, -0.25) is 9.10 Å². The Hall–Kier alpha value is -2.34. The predicted octanol–water partition coefficient (Wildman–Crippen LogP) is 3.82. The molecule has 0 unspecified atom stereocenters. The molecule has 0 saturated heterocycles. The Morgan fingerprint density at radius 2 is 1.67 bits per heavy atom. The Morgan fingerprint density at radius 1 is 0.963 bits per heavy atom. The second-order valence-corrected chi connectivity index (χ2v) is 8.74. The summed E-state index contributed by atoms with van der Waals surface area (Å²) in [4.78, 5) is 14.5. The molecule has 0 aliphatic carbocycles. The van der Waals surface area contributed by atoms with Gasteiger partial charge in [0.2, 0.25) is 15.9 Å². The van der Waals surface area contributed by atoms with Gasteiger partial charge in [-0.25, -0.2) is 8.42 Å². The Balaban J connectivity index is 2.21. The van der Waals surface area contributed by atoms with Crippen LogP contribution in [0.4, 0.5) is 11.4 Å². The van der Waals surface area contributed by atoms with Crippen molar-refractivity contribution in [1.82, 2.24) is 0 Å². The number of amides is 1. The molecule has 27 heavy (non-hydrogen) atoms. The lowest BCUT2D eigenvalue weighted by atomic mass is 10.1. The van der Waals surface area contributed by atoms with Gasteiger partial charge in [0.05, 0.1) is 11.9 Å². The summed E-state index contributed by atoms with van der Waals surface area (Å²) in [7, 11) is -3.48. The van der Waals surface area contributed by atoms with Crippen LogP contribution in [0.25, 0.3) is 0 Å². The number of benzene rings is 2. The van der Waals surface area contributed by atoms with E-state index in [1.807, 2.05) is 64.1 Å². The molecular formula is C21H28N2O3S. The van der Waals surface area contributed by atoms with Crippen LogP contribution in [0.5, 0.6) is 0 Å². The van der Waals surface area contributed by atoms with Gasteiger partial charge in [-0.15, -0.1) is 0 Å². The van der Waals surface area contributed by atoms with Gasteiger partial charge in [0, 0.05) is 25.2 Å². The van der Waals surface area contributed by atoms with Crippen molar-refractivity contribution in [2.45, 2.75) is 34.1 Å². The van der Waals surface area contributed by atoms with Crippen molar-refractivity contribution in [2.24, 2.45) is 0 Å². The van der Waals surface area contributed by atoms with Crippen LogP contribution in [-0.2, 0) is 14.8 Å². The maximum absolute atomic E-state index is 12.8. The fourth-order valence-corrected chi connectivity index (χ4v) is 3.92. The summed E-state index contributed by atoms with van der Waals surface area (Å²) in [6.45, 7) is 8.47. The zero-order chi connectivity index (χ0) is 20.2. The molecule has 0 spiro atoms. The Morgan fingerprint density at radius 3 is 2.22 bits per heavy atom. The molecule has 2 rings (SSSR count). The van der Waals surface area contributed by atoms with E-state index in [-0.39, 0.29) is 18.9 Å². The molecule has 0 N–H and O–H groups in total. The van der Waals surface area contributed by atoms with Crippen LogP contribution in [0.3, 0.4) is 0 Å². The summed E-state index contributed by atoms with van der Waals surface area (Å²) >= 11 is 0. The van der Waals surface area contributed by atoms with Gasteiger partial charge >= 0.3 is 0 Å². The summed E-state index contributed by atoms with van der Waals surface area (Å²) < 4.78 is 25.9. The van der Waals surface area contributed by atoms with Crippen molar-refractivity contribution < 1.29 is 13.2 Å². The molecule has 0 radical (unpaired) electrons. The third kappa shape index (κ3) is 5.32. The molecule has 0 aromatic heterocycles. The molecule has 0 atom stereocenters. The van der Waals surface area contributed by atoms with Gasteiger partial charge in [-0.1, -0.05) is 18.2 Å². The second-order valence-electron chi connectivity index (χ2n) is 6.83. The monoisotopic (exact) mass is 388 g/mol. The van der Waals surface area contributed by atoms with Crippen molar-refractivity contribution >= 4 is 27.3 Å². The maximum atomic E-state index is 12.8. The topological polar surface area (TPSA) is 57.7 Å². The molecule has 2 aromatic rings. The van der Waals surface area contributed by atoms with Gasteiger partial charge in [0.1, 0.15) is 0 Å². The summed E-state index contributed by atoms with van der Waals surface area (Å²) in [5.41, 5.74) is 4.61. The minimum absolute atomic E-state index is 0.0967. The normalized spacial score (nSPS) is 11.3. The molecule has 0 heterocycles. The number of rotatable bonds is 7. The summed E-state index contributed by atoms with van der Waals surface area (Å²) in [6.07, 6.45) is 1.28. The highest BCUT2D eigenvalue weighted by Gasteiger charge is 2.21. The van der Waals surface area contributed by atoms with E-state index < -0.39 is 10.0 Å². The number of aryl methyl sites for hydroxylation is 3. The lowest BCUT2D eigenvalue weighted by Gasteiger charge is -2.26. The van der Waals surface area contributed by atoms with E-state index >= 15 is 0 Å². The molecule has 0 saturated carbocycles. The van der Waals surface area contributed by atoms with E-state index in [2.05, 4.69) is 0 Å². The molecule has 1 amide bonds. The maximum Gasteiger partial charge on any atom is 0.232 e. The highest BCUT2D eigenvalue weighted by molar-refractivity contribution is 7.92. The smallest absolute Gasteiger partial charge is 0.232 e. The van der Waals surface area contributed by atoms with Gasteiger partial charge < -0.3 is 4.90 Å². The first-order valence-corrected chi connectivity index (χ1v) is 10.9.